The summed E-state index contributed by atoms with van der Waals surface area (Å²) >= 11 is 0. The van der Waals surface area contributed by atoms with Gasteiger partial charge in [0.1, 0.15) is 0 Å². The Morgan fingerprint density at radius 3 is 2.78 bits per heavy atom. The molecule has 1 fully saturated rings. The molecule has 0 aromatic heterocycles. The molecule has 0 spiro atoms. The van der Waals surface area contributed by atoms with E-state index in [9.17, 15) is 0 Å². The number of ether oxygens (including phenoxy) is 1. The minimum Gasteiger partial charge on any atom is -0.384 e. The number of hydrogen-bond donors (Lipinski definition) is 1. The van der Waals surface area contributed by atoms with Gasteiger partial charge in [0.2, 0.25) is 0 Å². The van der Waals surface area contributed by atoms with E-state index >= 15 is 0 Å². The van der Waals surface area contributed by atoms with Crippen molar-refractivity contribution in [3.05, 3.63) is 35.4 Å². The second-order valence-electron chi connectivity index (χ2n) is 5.64. The molecule has 2 unspecified atom stereocenters. The first-order chi connectivity index (χ1) is 8.70. The highest BCUT2D eigenvalue weighted by Gasteiger charge is 2.25. The maximum absolute atomic E-state index is 5.33. The van der Waals surface area contributed by atoms with Crippen molar-refractivity contribution >= 4 is 0 Å². The van der Waals surface area contributed by atoms with Crippen LogP contribution in [0.1, 0.15) is 36.8 Å². The van der Waals surface area contributed by atoms with E-state index in [2.05, 4.69) is 43.4 Å². The molecular formula is C16H25NO. The highest BCUT2D eigenvalue weighted by molar-refractivity contribution is 5.26. The molecule has 1 saturated carbocycles. The molecule has 2 atom stereocenters. The lowest BCUT2D eigenvalue weighted by Gasteiger charge is -2.25. The van der Waals surface area contributed by atoms with E-state index < -0.39 is 0 Å². The van der Waals surface area contributed by atoms with Crippen molar-refractivity contribution in [2.45, 2.75) is 38.6 Å². The quantitative estimate of drug-likeness (QED) is 0.799. The smallest absolute Gasteiger partial charge is 0.0494 e. The third kappa shape index (κ3) is 3.82. The monoisotopic (exact) mass is 247 g/mol. The van der Waals surface area contributed by atoms with Crippen LogP contribution in [0.5, 0.6) is 0 Å². The maximum atomic E-state index is 5.33. The maximum Gasteiger partial charge on any atom is 0.0494 e. The molecule has 0 radical (unpaired) electrons. The zero-order chi connectivity index (χ0) is 13.0. The Balaban J connectivity index is 2.06. The zero-order valence-electron chi connectivity index (χ0n) is 11.8. The molecule has 1 aliphatic carbocycles. The Morgan fingerprint density at radius 1 is 1.39 bits per heavy atom. The summed E-state index contributed by atoms with van der Waals surface area (Å²) in [6, 6.07) is 9.65. The van der Waals surface area contributed by atoms with Crippen LogP contribution in [0.2, 0.25) is 0 Å². The topological polar surface area (TPSA) is 21.3 Å². The van der Waals surface area contributed by atoms with Gasteiger partial charge in [0.15, 0.2) is 0 Å². The van der Waals surface area contributed by atoms with Gasteiger partial charge in [-0.05, 0) is 31.2 Å². The highest BCUT2D eigenvalue weighted by atomic mass is 16.5. The van der Waals surface area contributed by atoms with Crippen molar-refractivity contribution in [1.29, 1.82) is 0 Å². The van der Waals surface area contributed by atoms with Gasteiger partial charge in [0.05, 0.1) is 0 Å². The molecule has 0 aliphatic heterocycles. The van der Waals surface area contributed by atoms with Crippen molar-refractivity contribution < 1.29 is 4.74 Å². The lowest BCUT2D eigenvalue weighted by atomic mass is 9.87. The molecule has 2 rings (SSSR count). The molecule has 1 aromatic carbocycles. The van der Waals surface area contributed by atoms with Crippen molar-refractivity contribution in [3.63, 3.8) is 0 Å². The van der Waals surface area contributed by atoms with Crippen LogP contribution >= 0.6 is 0 Å². The zero-order valence-corrected chi connectivity index (χ0v) is 11.8. The van der Waals surface area contributed by atoms with Crippen molar-refractivity contribution in [2.75, 3.05) is 20.3 Å². The van der Waals surface area contributed by atoms with Crippen molar-refractivity contribution in [1.82, 2.24) is 5.32 Å². The molecule has 1 N–H and O–H groups in total. The molecular weight excluding hydrogens is 222 g/mol. The number of nitrogens with one attached hydrogen (secondary N) is 1. The first-order valence-corrected chi connectivity index (χ1v) is 6.99. The molecule has 0 bridgehead atoms. The van der Waals surface area contributed by atoms with Crippen LogP contribution in [-0.2, 0) is 4.74 Å². The van der Waals surface area contributed by atoms with E-state index in [0.717, 1.165) is 19.2 Å². The second kappa shape index (κ2) is 6.35. The molecule has 1 aromatic rings. The standard InChI is InChI=1S/C16H25NO/c1-12-5-4-6-14(9-12)16(13(2)11-18-3)10-17-15-7-8-15/h4-6,9,13,15-17H,7-8,10-11H2,1-3H3. The molecule has 0 saturated heterocycles. The summed E-state index contributed by atoms with van der Waals surface area (Å²) in [4.78, 5) is 0. The second-order valence-corrected chi connectivity index (χ2v) is 5.64. The lowest BCUT2D eigenvalue weighted by molar-refractivity contribution is 0.146. The third-order valence-electron chi connectivity index (χ3n) is 3.79. The van der Waals surface area contributed by atoms with E-state index in [1.54, 1.807) is 7.11 Å². The number of methoxy groups -OCH3 is 1. The molecule has 0 heterocycles. The van der Waals surface area contributed by atoms with Crippen LogP contribution in [0.3, 0.4) is 0 Å². The average molecular weight is 247 g/mol. The summed E-state index contributed by atoms with van der Waals surface area (Å²) in [5.41, 5.74) is 2.78. The number of benzene rings is 1. The number of hydrogen-bond acceptors (Lipinski definition) is 2. The lowest BCUT2D eigenvalue weighted by Crippen LogP contribution is -2.29. The molecule has 2 heteroatoms. The van der Waals surface area contributed by atoms with E-state index in [1.807, 2.05) is 0 Å². The molecule has 1 aliphatic rings. The van der Waals surface area contributed by atoms with E-state index in [1.165, 1.54) is 24.0 Å². The summed E-state index contributed by atoms with van der Waals surface area (Å²) in [5, 5.41) is 3.66. The van der Waals surface area contributed by atoms with E-state index in [-0.39, 0.29) is 0 Å². The molecule has 100 valence electrons. The fourth-order valence-corrected chi connectivity index (χ4v) is 2.51. The Labute approximate surface area is 111 Å². The Morgan fingerprint density at radius 2 is 2.17 bits per heavy atom. The summed E-state index contributed by atoms with van der Waals surface area (Å²) < 4.78 is 5.33. The van der Waals surface area contributed by atoms with Crippen LogP contribution in [0.25, 0.3) is 0 Å². The largest absolute Gasteiger partial charge is 0.384 e. The normalized spacial score (nSPS) is 18.6. The number of aryl methyl sites for hydroxylation is 1. The Kier molecular flexibility index (Phi) is 4.79. The molecule has 0 amide bonds. The molecule has 18 heavy (non-hydrogen) atoms. The van der Waals surface area contributed by atoms with Crippen LogP contribution in [0, 0.1) is 12.8 Å². The minimum atomic E-state index is 0.544. The first kappa shape index (κ1) is 13.6. The molecule has 2 nitrogen and oxygen atoms in total. The first-order valence-electron chi connectivity index (χ1n) is 6.99. The van der Waals surface area contributed by atoms with Gasteiger partial charge >= 0.3 is 0 Å². The van der Waals surface area contributed by atoms with Crippen molar-refractivity contribution in [3.8, 4) is 0 Å². The predicted molar refractivity (Wildman–Crippen MR) is 76.0 cm³/mol. The van der Waals surface area contributed by atoms with Gasteiger partial charge < -0.3 is 10.1 Å². The van der Waals surface area contributed by atoms with Crippen LogP contribution in [0.15, 0.2) is 24.3 Å². The fraction of sp³-hybridized carbons (Fsp3) is 0.625. The highest BCUT2D eigenvalue weighted by Crippen LogP contribution is 2.27. The minimum absolute atomic E-state index is 0.544. The van der Waals surface area contributed by atoms with E-state index in [4.69, 9.17) is 4.74 Å². The summed E-state index contributed by atoms with van der Waals surface area (Å²) in [7, 11) is 1.79. The van der Waals surface area contributed by atoms with Gasteiger partial charge in [-0.3, -0.25) is 0 Å². The average Bonchev–Trinajstić information content (AvgIpc) is 3.14. The van der Waals surface area contributed by atoms with Crippen LogP contribution in [0.4, 0.5) is 0 Å². The number of rotatable bonds is 7. The summed E-state index contributed by atoms with van der Waals surface area (Å²) in [6.07, 6.45) is 2.69. The van der Waals surface area contributed by atoms with Crippen LogP contribution in [-0.4, -0.2) is 26.3 Å². The SMILES string of the molecule is COCC(C)C(CNC1CC1)c1cccc(C)c1. The fourth-order valence-electron chi connectivity index (χ4n) is 2.51. The van der Waals surface area contributed by atoms with Gasteiger partial charge in [0.25, 0.3) is 0 Å². The van der Waals surface area contributed by atoms with Gasteiger partial charge in [-0.2, -0.15) is 0 Å². The van der Waals surface area contributed by atoms with Gasteiger partial charge in [-0.1, -0.05) is 36.8 Å². The van der Waals surface area contributed by atoms with Gasteiger partial charge in [0, 0.05) is 32.2 Å². The van der Waals surface area contributed by atoms with Crippen LogP contribution < -0.4 is 5.32 Å². The summed E-state index contributed by atoms with van der Waals surface area (Å²) in [5.74, 6) is 1.09. The Hall–Kier alpha value is -0.860. The van der Waals surface area contributed by atoms with Gasteiger partial charge in [-0.15, -0.1) is 0 Å². The Bertz CT molecular complexity index is 373. The predicted octanol–water partition coefficient (Wildman–Crippen LogP) is 3.11. The third-order valence-corrected chi connectivity index (χ3v) is 3.79. The summed E-state index contributed by atoms with van der Waals surface area (Å²) in [6.45, 7) is 6.34. The van der Waals surface area contributed by atoms with Gasteiger partial charge in [-0.25, -0.2) is 0 Å². The van der Waals surface area contributed by atoms with Crippen molar-refractivity contribution in [2.24, 2.45) is 5.92 Å². The van der Waals surface area contributed by atoms with E-state index in [0.29, 0.717) is 11.8 Å².